The largest absolute Gasteiger partial charge is 0.388 e. The van der Waals surface area contributed by atoms with Crippen LogP contribution < -0.4 is 0 Å². The monoisotopic (exact) mass is 471 g/mol. The van der Waals surface area contributed by atoms with E-state index in [-0.39, 0.29) is 17.6 Å². The maximum Gasteiger partial charge on any atom is 0.273 e. The summed E-state index contributed by atoms with van der Waals surface area (Å²) in [5.41, 5.74) is 8.25. The number of Topliss-reactive ketones (excluding diaryl/α,β-unsaturated/α-hetero) is 2. The number of nitrogens with zero attached hydrogens (tertiary/aromatic N) is 1. The summed E-state index contributed by atoms with van der Waals surface area (Å²) in [7, 11) is 0. The molecule has 0 heterocycles. The number of benzene rings is 3. The summed E-state index contributed by atoms with van der Waals surface area (Å²) in [6.45, 7) is 4.08. The van der Waals surface area contributed by atoms with Gasteiger partial charge in [-0.2, -0.15) is 0 Å². The van der Waals surface area contributed by atoms with Crippen molar-refractivity contribution in [3.63, 3.8) is 0 Å². The lowest BCUT2D eigenvalue weighted by molar-refractivity contribution is -0.385. The zero-order valence-corrected chi connectivity index (χ0v) is 20.0. The van der Waals surface area contributed by atoms with Gasteiger partial charge < -0.3 is 5.11 Å². The van der Waals surface area contributed by atoms with E-state index < -0.39 is 4.92 Å². The highest BCUT2D eigenvalue weighted by Gasteiger charge is 2.26. The lowest BCUT2D eigenvalue weighted by Gasteiger charge is -2.03. The van der Waals surface area contributed by atoms with E-state index in [1.807, 2.05) is 13.0 Å². The first-order valence-corrected chi connectivity index (χ1v) is 11.9. The van der Waals surface area contributed by atoms with Crippen molar-refractivity contribution in [2.75, 3.05) is 0 Å². The summed E-state index contributed by atoms with van der Waals surface area (Å²) in [4.78, 5) is 32.6. The minimum atomic E-state index is -0.433. The molecule has 0 fully saturated rings. The third kappa shape index (κ3) is 5.38. The van der Waals surface area contributed by atoms with Crippen LogP contribution >= 0.6 is 0 Å². The van der Waals surface area contributed by atoms with Gasteiger partial charge in [0.2, 0.25) is 0 Å². The third-order valence-electron chi connectivity index (χ3n) is 6.79. The molecule has 35 heavy (non-hydrogen) atoms. The smallest absolute Gasteiger partial charge is 0.273 e. The molecule has 0 saturated carbocycles. The Bertz CT molecular complexity index is 1310. The molecule has 3 aromatic carbocycles. The Morgan fingerprint density at radius 2 is 1.46 bits per heavy atom. The molecule has 1 N–H and O–H groups in total. The number of aryl methyl sites for hydroxylation is 4. The molecule has 6 rings (SSSR count). The topological polar surface area (TPSA) is 97.5 Å². The number of carbonyl (C=O) groups is 2. The Morgan fingerprint density at radius 1 is 0.800 bits per heavy atom. The van der Waals surface area contributed by atoms with E-state index in [0.717, 1.165) is 30.4 Å². The van der Waals surface area contributed by atoms with Gasteiger partial charge in [-0.15, -0.1) is 0 Å². The molecule has 0 aromatic heterocycles. The molecule has 180 valence electrons. The standard InChI is InChI=1S/C10H12O.C10H10O.C9H7NO3/c2*1-7-2-3-8-4-5-10(11)9(8)6-7;11-9-5-4-6-7(9)2-1-3-8(6)10(12)13/h2-3,6,10-11H,4-5H2,1H3;2-3,6H,4-5H2,1H3;1-3H,4-5H2. The fraction of sp³-hybridized carbons (Fsp3) is 0.310. The van der Waals surface area contributed by atoms with E-state index in [1.54, 1.807) is 12.1 Å². The molecular formula is C29H29NO5. The fourth-order valence-electron chi connectivity index (χ4n) is 4.89. The van der Waals surface area contributed by atoms with Crippen LogP contribution in [0.2, 0.25) is 0 Å². The molecule has 0 bridgehead atoms. The second-order valence-electron chi connectivity index (χ2n) is 9.32. The summed E-state index contributed by atoms with van der Waals surface area (Å²) in [6.07, 6.45) is 4.29. The van der Waals surface area contributed by atoms with E-state index >= 15 is 0 Å². The molecular weight excluding hydrogens is 442 g/mol. The number of aliphatic hydroxyl groups is 1. The number of rotatable bonds is 1. The van der Waals surface area contributed by atoms with Gasteiger partial charge in [0.15, 0.2) is 11.6 Å². The van der Waals surface area contributed by atoms with Crippen molar-refractivity contribution in [1.29, 1.82) is 0 Å². The third-order valence-corrected chi connectivity index (χ3v) is 6.79. The van der Waals surface area contributed by atoms with E-state index in [4.69, 9.17) is 0 Å². The zero-order valence-electron chi connectivity index (χ0n) is 20.0. The molecule has 0 saturated heterocycles. The Hall–Kier alpha value is -3.64. The van der Waals surface area contributed by atoms with Crippen molar-refractivity contribution in [2.24, 2.45) is 0 Å². The summed E-state index contributed by atoms with van der Waals surface area (Å²) < 4.78 is 0. The number of aliphatic hydroxyl groups excluding tert-OH is 1. The Morgan fingerprint density at radius 3 is 2.20 bits per heavy atom. The van der Waals surface area contributed by atoms with Crippen LogP contribution in [0.3, 0.4) is 0 Å². The van der Waals surface area contributed by atoms with Gasteiger partial charge in [0.1, 0.15) is 0 Å². The van der Waals surface area contributed by atoms with E-state index in [1.165, 1.54) is 28.3 Å². The van der Waals surface area contributed by atoms with Crippen molar-refractivity contribution < 1.29 is 19.6 Å². The maximum absolute atomic E-state index is 11.2. The van der Waals surface area contributed by atoms with Crippen molar-refractivity contribution in [3.05, 3.63) is 109 Å². The molecule has 0 radical (unpaired) electrons. The van der Waals surface area contributed by atoms with E-state index in [0.29, 0.717) is 36.2 Å². The van der Waals surface area contributed by atoms with E-state index in [9.17, 15) is 24.8 Å². The number of fused-ring (bicyclic) bond motifs is 3. The number of ketones is 2. The fourth-order valence-corrected chi connectivity index (χ4v) is 4.89. The van der Waals surface area contributed by atoms with Gasteiger partial charge in [-0.25, -0.2) is 0 Å². The SMILES string of the molecule is Cc1ccc2c(c1)C(=O)CC2.Cc1ccc2c(c1)C(O)CC2.O=C1CCc2c1cccc2[N+](=O)[O-]. The molecule has 3 aromatic rings. The van der Waals surface area contributed by atoms with Crippen LogP contribution in [-0.2, 0) is 19.3 Å². The first-order chi connectivity index (χ1) is 16.7. The highest BCUT2D eigenvalue weighted by atomic mass is 16.6. The second kappa shape index (κ2) is 10.3. The van der Waals surface area contributed by atoms with Gasteiger partial charge in [-0.3, -0.25) is 19.7 Å². The highest BCUT2D eigenvalue weighted by Crippen LogP contribution is 2.31. The lowest BCUT2D eigenvalue weighted by Crippen LogP contribution is -1.95. The summed E-state index contributed by atoms with van der Waals surface area (Å²) >= 11 is 0. The molecule has 6 nitrogen and oxygen atoms in total. The van der Waals surface area contributed by atoms with Gasteiger partial charge in [-0.05, 0) is 62.3 Å². The number of carbonyl (C=O) groups excluding carboxylic acids is 2. The maximum atomic E-state index is 11.2. The predicted octanol–water partition coefficient (Wildman–Crippen LogP) is 5.82. The second-order valence-corrected chi connectivity index (χ2v) is 9.32. The van der Waals surface area contributed by atoms with Crippen LogP contribution in [0.1, 0.15) is 79.5 Å². The summed E-state index contributed by atoms with van der Waals surface area (Å²) in [5, 5.41) is 20.1. The Labute approximate surface area is 204 Å². The van der Waals surface area contributed by atoms with E-state index in [2.05, 4.69) is 37.3 Å². The minimum absolute atomic E-state index is 0.0127. The first-order valence-electron chi connectivity index (χ1n) is 11.9. The Kier molecular flexibility index (Phi) is 7.22. The molecule has 1 unspecified atom stereocenters. The average Bonchev–Trinajstić information content (AvgIpc) is 3.52. The normalized spacial score (nSPS) is 16.9. The van der Waals surface area contributed by atoms with Crippen molar-refractivity contribution in [3.8, 4) is 0 Å². The molecule has 1 atom stereocenters. The number of nitro benzene ring substituents is 1. The van der Waals surface area contributed by atoms with Crippen LogP contribution in [0.15, 0.2) is 54.6 Å². The molecule has 3 aliphatic rings. The summed E-state index contributed by atoms with van der Waals surface area (Å²) in [5.74, 6) is 0.322. The van der Waals surface area contributed by atoms with Crippen LogP contribution in [0.25, 0.3) is 0 Å². The molecule has 0 spiro atoms. The lowest BCUT2D eigenvalue weighted by atomic mass is 10.1. The van der Waals surface area contributed by atoms with Crippen LogP contribution in [0.5, 0.6) is 0 Å². The summed E-state index contributed by atoms with van der Waals surface area (Å²) in [6, 6.07) is 17.1. The number of hydrogen-bond acceptors (Lipinski definition) is 5. The quantitative estimate of drug-likeness (QED) is 0.356. The number of nitro groups is 1. The van der Waals surface area contributed by atoms with Gasteiger partial charge >= 0.3 is 0 Å². The first kappa shape index (κ1) is 24.5. The minimum Gasteiger partial charge on any atom is -0.388 e. The molecule has 6 heteroatoms. The van der Waals surface area contributed by atoms with Crippen molar-refractivity contribution in [2.45, 2.75) is 58.5 Å². The molecule has 0 aliphatic heterocycles. The zero-order chi connectivity index (χ0) is 25.1. The number of hydrogen-bond donors (Lipinski definition) is 1. The molecule has 3 aliphatic carbocycles. The van der Waals surface area contributed by atoms with Crippen LogP contribution in [-0.4, -0.2) is 21.6 Å². The highest BCUT2D eigenvalue weighted by molar-refractivity contribution is 6.01. The van der Waals surface area contributed by atoms with Crippen LogP contribution in [0.4, 0.5) is 5.69 Å². The van der Waals surface area contributed by atoms with Crippen molar-refractivity contribution >= 4 is 17.3 Å². The predicted molar refractivity (Wildman–Crippen MR) is 134 cm³/mol. The van der Waals surface area contributed by atoms with Crippen molar-refractivity contribution in [1.82, 2.24) is 0 Å². The van der Waals surface area contributed by atoms with Gasteiger partial charge in [0.05, 0.1) is 11.0 Å². The van der Waals surface area contributed by atoms with Gasteiger partial charge in [0.25, 0.3) is 5.69 Å². The van der Waals surface area contributed by atoms with Crippen LogP contribution in [0, 0.1) is 24.0 Å². The average molecular weight is 472 g/mol. The Balaban J connectivity index is 0.000000124. The van der Waals surface area contributed by atoms with Gasteiger partial charge in [-0.1, -0.05) is 53.6 Å². The van der Waals surface area contributed by atoms with Gasteiger partial charge in [0, 0.05) is 35.6 Å². The molecule has 0 amide bonds.